The first-order valence-corrected chi connectivity index (χ1v) is 14.3. The van der Waals surface area contributed by atoms with Crippen molar-refractivity contribution in [3.63, 3.8) is 0 Å². The predicted molar refractivity (Wildman–Crippen MR) is 158 cm³/mol. The minimum Gasteiger partial charge on any atom is -0.381 e. The SMILES string of the molecule is C[C@](N)(c1ccc(F)cc1)c1cnc(N2CCN(c3ncnc4[nH]c(-c5cnn(C6CCOCC6)c5)cc34)CC2)nc1. The van der Waals surface area contributed by atoms with E-state index in [4.69, 9.17) is 10.5 Å². The van der Waals surface area contributed by atoms with E-state index in [-0.39, 0.29) is 5.82 Å². The molecule has 216 valence electrons. The quantitative estimate of drug-likeness (QED) is 0.316. The van der Waals surface area contributed by atoms with Gasteiger partial charge in [-0.3, -0.25) is 4.68 Å². The number of halogens is 1. The maximum Gasteiger partial charge on any atom is 0.225 e. The van der Waals surface area contributed by atoms with Crippen molar-refractivity contribution in [2.45, 2.75) is 31.3 Å². The molecule has 0 aliphatic carbocycles. The van der Waals surface area contributed by atoms with E-state index in [9.17, 15) is 4.39 Å². The van der Waals surface area contributed by atoms with Crippen LogP contribution in [0.5, 0.6) is 0 Å². The molecule has 1 atom stereocenters. The average molecular weight is 569 g/mol. The van der Waals surface area contributed by atoms with Gasteiger partial charge < -0.3 is 25.3 Å². The van der Waals surface area contributed by atoms with E-state index in [1.54, 1.807) is 30.9 Å². The van der Waals surface area contributed by atoms with Crippen LogP contribution in [0.2, 0.25) is 0 Å². The second kappa shape index (κ2) is 10.8. The summed E-state index contributed by atoms with van der Waals surface area (Å²) in [6.45, 7) is 6.47. The number of nitrogens with one attached hydrogen (secondary N) is 1. The lowest BCUT2D eigenvalue weighted by Gasteiger charge is -2.35. The van der Waals surface area contributed by atoms with E-state index in [0.717, 1.165) is 91.5 Å². The van der Waals surface area contributed by atoms with Crippen LogP contribution < -0.4 is 15.5 Å². The number of ether oxygens (including phenoxy) is 1. The van der Waals surface area contributed by atoms with Gasteiger partial charge in [0.05, 0.1) is 28.9 Å². The first-order chi connectivity index (χ1) is 20.5. The van der Waals surface area contributed by atoms with Crippen molar-refractivity contribution in [3.05, 3.63) is 78.4 Å². The molecule has 12 heteroatoms. The van der Waals surface area contributed by atoms with Gasteiger partial charge in [-0.1, -0.05) is 12.1 Å². The molecule has 7 rings (SSSR count). The third-order valence-electron chi connectivity index (χ3n) is 8.43. The van der Waals surface area contributed by atoms with Gasteiger partial charge in [0, 0.05) is 69.1 Å². The van der Waals surface area contributed by atoms with Gasteiger partial charge >= 0.3 is 0 Å². The number of hydrogen-bond donors (Lipinski definition) is 2. The summed E-state index contributed by atoms with van der Waals surface area (Å²) in [7, 11) is 0. The van der Waals surface area contributed by atoms with Gasteiger partial charge in [-0.05, 0) is 43.5 Å². The molecule has 0 amide bonds. The fourth-order valence-corrected chi connectivity index (χ4v) is 5.79. The van der Waals surface area contributed by atoms with Crippen molar-refractivity contribution in [2.24, 2.45) is 5.73 Å². The highest BCUT2D eigenvalue weighted by Gasteiger charge is 2.27. The van der Waals surface area contributed by atoms with Crippen LogP contribution in [0.4, 0.5) is 16.2 Å². The lowest BCUT2D eigenvalue weighted by atomic mass is 9.87. The zero-order valence-corrected chi connectivity index (χ0v) is 23.4. The Balaban J connectivity index is 1.04. The smallest absolute Gasteiger partial charge is 0.225 e. The highest BCUT2D eigenvalue weighted by atomic mass is 19.1. The number of aromatic amines is 1. The number of benzene rings is 1. The lowest BCUT2D eigenvalue weighted by molar-refractivity contribution is 0.0662. The van der Waals surface area contributed by atoms with Crippen LogP contribution in [0.1, 0.15) is 36.9 Å². The normalized spacial score (nSPS) is 18.0. The Bertz CT molecular complexity index is 1670. The largest absolute Gasteiger partial charge is 0.381 e. The van der Waals surface area contributed by atoms with Crippen molar-refractivity contribution in [1.82, 2.24) is 34.7 Å². The van der Waals surface area contributed by atoms with E-state index in [1.807, 2.05) is 13.1 Å². The molecule has 0 saturated carbocycles. The molecule has 11 nitrogen and oxygen atoms in total. The predicted octanol–water partition coefficient (Wildman–Crippen LogP) is 3.65. The van der Waals surface area contributed by atoms with Gasteiger partial charge in [0.25, 0.3) is 0 Å². The molecule has 2 aliphatic heterocycles. The minimum atomic E-state index is -0.831. The number of anilines is 2. The van der Waals surface area contributed by atoms with Crippen LogP contribution in [0.3, 0.4) is 0 Å². The standard InChI is InChI=1S/C30H33FN10O/c1-30(32,21-2-4-23(31)5-3-21)22-16-33-29(34-17-22)40-10-8-39(9-11-40)28-25-14-26(38-27(25)35-19-36-28)20-15-37-41(18-20)24-6-12-42-13-7-24/h2-5,14-19,24H,6-13,32H2,1H3,(H,35,36,38)/t30-/m0/s1. The zero-order chi connectivity index (χ0) is 28.7. The minimum absolute atomic E-state index is 0.293. The first kappa shape index (κ1) is 26.5. The number of aromatic nitrogens is 7. The fraction of sp³-hybridized carbons (Fsp3) is 0.367. The summed E-state index contributed by atoms with van der Waals surface area (Å²) in [5.74, 6) is 1.28. The van der Waals surface area contributed by atoms with Crippen molar-refractivity contribution in [3.8, 4) is 11.3 Å². The van der Waals surface area contributed by atoms with E-state index in [0.29, 0.717) is 12.0 Å². The Morgan fingerprint density at radius 3 is 2.38 bits per heavy atom. The number of nitrogens with zero attached hydrogens (tertiary/aromatic N) is 8. The molecule has 0 spiro atoms. The van der Waals surface area contributed by atoms with Crippen molar-refractivity contribution in [2.75, 3.05) is 49.2 Å². The molecule has 6 heterocycles. The number of H-pyrrole nitrogens is 1. The summed E-state index contributed by atoms with van der Waals surface area (Å²) in [6.07, 6.45) is 11.1. The number of rotatable bonds is 6. The number of hydrogen-bond acceptors (Lipinski definition) is 9. The van der Waals surface area contributed by atoms with Crippen molar-refractivity contribution < 1.29 is 9.13 Å². The van der Waals surface area contributed by atoms with Crippen molar-refractivity contribution in [1.29, 1.82) is 0 Å². The second-order valence-electron chi connectivity index (χ2n) is 11.2. The van der Waals surface area contributed by atoms with Crippen LogP contribution in [-0.2, 0) is 10.3 Å². The molecule has 5 aromatic rings. The van der Waals surface area contributed by atoms with Gasteiger partial charge in [-0.25, -0.2) is 24.3 Å². The summed E-state index contributed by atoms with van der Waals surface area (Å²) in [5, 5.41) is 5.62. The first-order valence-electron chi connectivity index (χ1n) is 14.3. The molecule has 0 bridgehead atoms. The van der Waals surface area contributed by atoms with E-state index in [2.05, 4.69) is 56.8 Å². The van der Waals surface area contributed by atoms with Gasteiger partial charge in [-0.2, -0.15) is 5.10 Å². The molecule has 1 aromatic carbocycles. The molecular weight excluding hydrogens is 535 g/mol. The maximum absolute atomic E-state index is 13.4. The lowest BCUT2D eigenvalue weighted by Crippen LogP contribution is -2.47. The molecule has 42 heavy (non-hydrogen) atoms. The Hall–Kier alpha value is -4.42. The number of fused-ring (bicyclic) bond motifs is 1. The molecule has 0 unspecified atom stereocenters. The second-order valence-corrected chi connectivity index (χ2v) is 11.2. The highest BCUT2D eigenvalue weighted by Crippen LogP contribution is 2.31. The monoisotopic (exact) mass is 568 g/mol. The Morgan fingerprint density at radius 2 is 1.64 bits per heavy atom. The van der Waals surface area contributed by atoms with Crippen LogP contribution >= 0.6 is 0 Å². The number of nitrogens with two attached hydrogens (primary N) is 1. The summed E-state index contributed by atoms with van der Waals surface area (Å²) in [4.78, 5) is 26.3. The topological polar surface area (TPSA) is 127 Å². The Kier molecular flexibility index (Phi) is 6.79. The molecule has 3 N–H and O–H groups in total. The van der Waals surface area contributed by atoms with Crippen LogP contribution in [0.15, 0.2) is 61.4 Å². The molecule has 2 fully saturated rings. The molecule has 2 aliphatic rings. The van der Waals surface area contributed by atoms with Gasteiger partial charge in [0.1, 0.15) is 23.6 Å². The van der Waals surface area contributed by atoms with E-state index in [1.165, 1.54) is 12.1 Å². The highest BCUT2D eigenvalue weighted by molar-refractivity contribution is 5.91. The summed E-state index contributed by atoms with van der Waals surface area (Å²) >= 11 is 0. The van der Waals surface area contributed by atoms with Gasteiger partial charge in [0.15, 0.2) is 0 Å². The third-order valence-corrected chi connectivity index (χ3v) is 8.43. The Morgan fingerprint density at radius 1 is 0.929 bits per heavy atom. The maximum atomic E-state index is 13.4. The Labute approximate surface area is 242 Å². The van der Waals surface area contributed by atoms with E-state index >= 15 is 0 Å². The molecule has 0 radical (unpaired) electrons. The summed E-state index contributed by atoms with van der Waals surface area (Å²) in [5.41, 5.74) is 10.1. The van der Waals surface area contributed by atoms with Crippen LogP contribution in [0.25, 0.3) is 22.3 Å². The molecule has 2 saturated heterocycles. The molecule has 4 aromatic heterocycles. The van der Waals surface area contributed by atoms with Gasteiger partial charge in [0.2, 0.25) is 5.95 Å². The average Bonchev–Trinajstić information content (AvgIpc) is 3.70. The summed E-state index contributed by atoms with van der Waals surface area (Å²) in [6, 6.07) is 8.71. The third kappa shape index (κ3) is 4.96. The summed E-state index contributed by atoms with van der Waals surface area (Å²) < 4.78 is 20.9. The van der Waals surface area contributed by atoms with Crippen molar-refractivity contribution >= 4 is 22.8 Å². The fourth-order valence-electron chi connectivity index (χ4n) is 5.79. The zero-order valence-electron chi connectivity index (χ0n) is 23.4. The van der Waals surface area contributed by atoms with Gasteiger partial charge in [-0.15, -0.1) is 0 Å². The van der Waals surface area contributed by atoms with Crippen LogP contribution in [0, 0.1) is 5.82 Å². The van der Waals surface area contributed by atoms with Crippen LogP contribution in [-0.4, -0.2) is 74.1 Å². The van der Waals surface area contributed by atoms with E-state index < -0.39 is 5.54 Å². The number of piperazine rings is 1. The molecular formula is C30H33FN10O.